The van der Waals surface area contributed by atoms with Crippen LogP contribution in [0.25, 0.3) is 22.0 Å². The van der Waals surface area contributed by atoms with Gasteiger partial charge in [0, 0.05) is 47.8 Å². The minimum Gasteiger partial charge on any atom is -0.493 e. The second kappa shape index (κ2) is 10.7. The number of ketones is 1. The number of benzene rings is 2. The van der Waals surface area contributed by atoms with E-state index in [9.17, 15) is 4.79 Å². The molecule has 0 amide bonds. The van der Waals surface area contributed by atoms with Crippen LogP contribution in [-0.4, -0.2) is 49.2 Å². The van der Waals surface area contributed by atoms with Gasteiger partial charge in [-0.15, -0.1) is 0 Å². The Hall–Kier alpha value is -4.07. The summed E-state index contributed by atoms with van der Waals surface area (Å²) < 4.78 is 22.2. The molecule has 0 unspecified atom stereocenters. The van der Waals surface area contributed by atoms with Crippen LogP contribution in [0.5, 0.6) is 23.0 Å². The summed E-state index contributed by atoms with van der Waals surface area (Å²) in [6.45, 7) is 4.06. The minimum absolute atomic E-state index is 0.0144. The lowest BCUT2D eigenvalue weighted by atomic mass is 9.88. The van der Waals surface area contributed by atoms with Crippen LogP contribution in [0.15, 0.2) is 42.7 Å². The van der Waals surface area contributed by atoms with Crippen molar-refractivity contribution in [2.24, 2.45) is 5.92 Å². The van der Waals surface area contributed by atoms with E-state index in [1.54, 1.807) is 40.8 Å². The first-order valence-electron chi connectivity index (χ1n) is 11.7. The summed E-state index contributed by atoms with van der Waals surface area (Å²) in [7, 11) is 6.36. The van der Waals surface area contributed by atoms with Gasteiger partial charge in [-0.3, -0.25) is 9.78 Å². The van der Waals surface area contributed by atoms with Crippen LogP contribution in [0.3, 0.4) is 0 Å². The molecule has 8 heteroatoms. The van der Waals surface area contributed by atoms with Crippen molar-refractivity contribution in [3.8, 4) is 34.1 Å². The maximum absolute atomic E-state index is 13.8. The summed E-state index contributed by atoms with van der Waals surface area (Å²) in [5, 5.41) is 0.773. The van der Waals surface area contributed by atoms with Crippen LogP contribution in [0, 0.1) is 5.92 Å². The van der Waals surface area contributed by atoms with Crippen molar-refractivity contribution in [2.45, 2.75) is 26.7 Å². The summed E-state index contributed by atoms with van der Waals surface area (Å²) in [6.07, 6.45) is 4.20. The molecule has 0 atom stereocenters. The molecule has 4 aromatic rings. The number of nitrogens with one attached hydrogen (secondary N) is 1. The summed E-state index contributed by atoms with van der Waals surface area (Å²) in [5.41, 5.74) is 3.45. The highest BCUT2D eigenvalue weighted by Crippen LogP contribution is 2.42. The number of carbonyl (C=O) groups is 1. The van der Waals surface area contributed by atoms with E-state index in [4.69, 9.17) is 23.9 Å². The van der Waals surface area contributed by atoms with E-state index >= 15 is 0 Å². The van der Waals surface area contributed by atoms with E-state index < -0.39 is 0 Å². The molecule has 8 nitrogen and oxygen atoms in total. The third kappa shape index (κ3) is 4.84. The fourth-order valence-corrected chi connectivity index (χ4v) is 4.39. The fourth-order valence-electron chi connectivity index (χ4n) is 4.39. The van der Waals surface area contributed by atoms with Gasteiger partial charge in [-0.05, 0) is 29.7 Å². The number of Topliss-reactive ketones (excluding diaryl/α,β-unsaturated/α-hetero) is 1. The number of aromatic amines is 1. The largest absolute Gasteiger partial charge is 0.493 e. The molecule has 36 heavy (non-hydrogen) atoms. The number of rotatable bonds is 10. The van der Waals surface area contributed by atoms with Crippen molar-refractivity contribution < 1.29 is 23.7 Å². The first-order chi connectivity index (χ1) is 17.4. The number of methoxy groups -OCH3 is 4. The van der Waals surface area contributed by atoms with E-state index in [0.717, 1.165) is 22.3 Å². The highest BCUT2D eigenvalue weighted by atomic mass is 16.5. The van der Waals surface area contributed by atoms with Crippen LogP contribution < -0.4 is 18.9 Å². The zero-order valence-electron chi connectivity index (χ0n) is 21.5. The Morgan fingerprint density at radius 3 is 2.19 bits per heavy atom. The van der Waals surface area contributed by atoms with Crippen LogP contribution >= 0.6 is 0 Å². The number of hydrogen-bond donors (Lipinski definition) is 1. The Morgan fingerprint density at radius 2 is 1.58 bits per heavy atom. The monoisotopic (exact) mass is 489 g/mol. The highest BCUT2D eigenvalue weighted by Gasteiger charge is 2.25. The fraction of sp³-hybridized carbons (Fsp3) is 0.321. The number of hydrogen-bond acceptors (Lipinski definition) is 7. The number of imidazole rings is 1. The van der Waals surface area contributed by atoms with Crippen LogP contribution in [0.1, 0.15) is 42.1 Å². The maximum Gasteiger partial charge on any atom is 0.165 e. The molecule has 1 N–H and O–H groups in total. The van der Waals surface area contributed by atoms with Crippen molar-refractivity contribution in [1.29, 1.82) is 0 Å². The SMILES string of the molecule is COc1ccc(-c2c(C(=O)CC(C)C)c(Cc3ncc[nH]3)nc3cc(OC)c(OC)cc23)cc1OC. The zero-order valence-corrected chi connectivity index (χ0v) is 21.5. The second-order valence-electron chi connectivity index (χ2n) is 8.84. The number of carbonyl (C=O) groups excluding carboxylic acids is 1. The van der Waals surface area contributed by atoms with E-state index in [-0.39, 0.29) is 11.7 Å². The third-order valence-electron chi connectivity index (χ3n) is 6.00. The van der Waals surface area contributed by atoms with E-state index in [1.165, 1.54) is 0 Å². The first kappa shape index (κ1) is 25.0. The van der Waals surface area contributed by atoms with Gasteiger partial charge in [0.1, 0.15) is 5.82 Å². The van der Waals surface area contributed by atoms with Gasteiger partial charge >= 0.3 is 0 Å². The summed E-state index contributed by atoms with van der Waals surface area (Å²) in [6, 6.07) is 9.35. The van der Waals surface area contributed by atoms with Gasteiger partial charge < -0.3 is 23.9 Å². The molecule has 188 valence electrons. The Bertz CT molecular complexity index is 1380. The number of aromatic nitrogens is 3. The normalized spacial score (nSPS) is 11.1. The number of pyridine rings is 1. The zero-order chi connectivity index (χ0) is 25.8. The Balaban J connectivity index is 2.11. The van der Waals surface area contributed by atoms with Crippen molar-refractivity contribution in [2.75, 3.05) is 28.4 Å². The summed E-state index contributed by atoms with van der Waals surface area (Å²) >= 11 is 0. The predicted molar refractivity (Wildman–Crippen MR) is 139 cm³/mol. The Kier molecular flexibility index (Phi) is 7.43. The quantitative estimate of drug-likeness (QED) is 0.295. The lowest BCUT2D eigenvalue weighted by molar-refractivity contribution is 0.0967. The maximum atomic E-state index is 13.8. The van der Waals surface area contributed by atoms with Crippen molar-refractivity contribution in [1.82, 2.24) is 15.0 Å². The van der Waals surface area contributed by atoms with Gasteiger partial charge in [0.15, 0.2) is 28.8 Å². The van der Waals surface area contributed by atoms with Crippen LogP contribution in [0.4, 0.5) is 0 Å². The average molecular weight is 490 g/mol. The molecular formula is C28H31N3O5. The van der Waals surface area contributed by atoms with Gasteiger partial charge in [0.05, 0.1) is 39.6 Å². The number of fused-ring (bicyclic) bond motifs is 1. The highest BCUT2D eigenvalue weighted by molar-refractivity contribution is 6.11. The molecule has 2 aromatic heterocycles. The van der Waals surface area contributed by atoms with Gasteiger partial charge in [0.25, 0.3) is 0 Å². The van der Waals surface area contributed by atoms with Gasteiger partial charge in [-0.2, -0.15) is 0 Å². The van der Waals surface area contributed by atoms with Gasteiger partial charge in [-0.25, -0.2) is 4.98 Å². The van der Waals surface area contributed by atoms with Gasteiger partial charge in [-0.1, -0.05) is 19.9 Å². The molecule has 0 aliphatic carbocycles. The molecule has 0 saturated heterocycles. The number of ether oxygens (including phenoxy) is 4. The lowest BCUT2D eigenvalue weighted by Crippen LogP contribution is -2.13. The van der Waals surface area contributed by atoms with Crippen LogP contribution in [-0.2, 0) is 6.42 Å². The van der Waals surface area contributed by atoms with Gasteiger partial charge in [0.2, 0.25) is 0 Å². The lowest BCUT2D eigenvalue weighted by Gasteiger charge is -2.20. The van der Waals surface area contributed by atoms with Crippen molar-refractivity contribution in [3.63, 3.8) is 0 Å². The molecule has 0 radical (unpaired) electrons. The third-order valence-corrected chi connectivity index (χ3v) is 6.00. The number of nitrogens with zero attached hydrogens (tertiary/aromatic N) is 2. The van der Waals surface area contributed by atoms with Crippen molar-refractivity contribution >= 4 is 16.7 Å². The second-order valence-corrected chi connectivity index (χ2v) is 8.84. The van der Waals surface area contributed by atoms with E-state index in [0.29, 0.717) is 52.6 Å². The van der Waals surface area contributed by atoms with Crippen molar-refractivity contribution in [3.05, 3.63) is 59.8 Å². The molecule has 0 fully saturated rings. The van der Waals surface area contributed by atoms with E-state index in [1.807, 2.05) is 44.2 Å². The Labute approximate surface area is 210 Å². The molecule has 0 bridgehead atoms. The Morgan fingerprint density at radius 1 is 0.917 bits per heavy atom. The van der Waals surface area contributed by atoms with Crippen LogP contribution in [0.2, 0.25) is 0 Å². The molecular weight excluding hydrogens is 458 g/mol. The molecule has 0 aliphatic heterocycles. The minimum atomic E-state index is 0.0144. The standard InChI is InChI=1S/C28H31N3O5/c1-16(2)11-21(32)28-20(15-26-29-9-10-30-26)31-19-14-25(36-6)24(35-5)13-18(19)27(28)17-7-8-22(33-3)23(12-17)34-4/h7-10,12-14,16H,11,15H2,1-6H3,(H,29,30). The number of H-pyrrole nitrogens is 1. The summed E-state index contributed by atoms with van der Waals surface area (Å²) in [4.78, 5) is 26.3. The summed E-state index contributed by atoms with van der Waals surface area (Å²) in [5.74, 6) is 3.18. The molecule has 2 aromatic carbocycles. The first-order valence-corrected chi connectivity index (χ1v) is 11.7. The molecule has 0 saturated carbocycles. The molecule has 2 heterocycles. The van der Waals surface area contributed by atoms with E-state index in [2.05, 4.69) is 9.97 Å². The molecule has 0 aliphatic rings. The smallest absolute Gasteiger partial charge is 0.165 e. The molecule has 4 rings (SSSR count). The molecule has 0 spiro atoms. The topological polar surface area (TPSA) is 95.6 Å². The average Bonchev–Trinajstić information content (AvgIpc) is 3.39. The predicted octanol–water partition coefficient (Wildman–Crippen LogP) is 5.48.